The van der Waals surface area contributed by atoms with Crippen molar-refractivity contribution in [2.75, 3.05) is 11.1 Å². The van der Waals surface area contributed by atoms with Crippen molar-refractivity contribution in [2.45, 2.75) is 24.5 Å². The topological polar surface area (TPSA) is 68.0 Å². The average molecular weight is 293 g/mol. The van der Waals surface area contributed by atoms with Gasteiger partial charge in [0.05, 0.1) is 5.69 Å². The van der Waals surface area contributed by atoms with Gasteiger partial charge in [-0.15, -0.1) is 23.1 Å². The lowest BCUT2D eigenvalue weighted by Gasteiger charge is -2.03. The van der Waals surface area contributed by atoms with Crippen LogP contribution in [-0.4, -0.2) is 10.9 Å². The number of hydrogen-bond acceptors (Lipinski definition) is 5. The van der Waals surface area contributed by atoms with Crippen LogP contribution in [-0.2, 0) is 10.5 Å². The fourth-order valence-corrected chi connectivity index (χ4v) is 3.23. The molecule has 6 heteroatoms. The number of thiazole rings is 1. The Hall–Kier alpha value is -1.53. The largest absolute Gasteiger partial charge is 0.399 e. The summed E-state index contributed by atoms with van der Waals surface area (Å²) in [5.41, 5.74) is 8.65. The molecule has 0 saturated carbocycles. The Labute approximate surface area is 120 Å². The molecule has 1 amide bonds. The van der Waals surface area contributed by atoms with Gasteiger partial charge in [0, 0.05) is 28.6 Å². The summed E-state index contributed by atoms with van der Waals surface area (Å²) in [6, 6.07) is 6.00. The summed E-state index contributed by atoms with van der Waals surface area (Å²) in [4.78, 5) is 16.4. The minimum atomic E-state index is -0.0947. The van der Waals surface area contributed by atoms with Crippen LogP contribution in [0.3, 0.4) is 0 Å². The van der Waals surface area contributed by atoms with E-state index in [1.807, 2.05) is 24.4 Å². The number of hydrogen-bond donors (Lipinski definition) is 2. The highest BCUT2D eigenvalue weighted by Gasteiger charge is 2.04. The third-order valence-corrected chi connectivity index (χ3v) is 4.30. The molecule has 1 aromatic carbocycles. The van der Waals surface area contributed by atoms with Crippen LogP contribution in [0.25, 0.3) is 0 Å². The Kier molecular flexibility index (Phi) is 4.44. The molecule has 0 spiro atoms. The fourth-order valence-electron chi connectivity index (χ4n) is 1.48. The van der Waals surface area contributed by atoms with E-state index in [2.05, 4.69) is 16.4 Å². The maximum atomic E-state index is 10.9. The van der Waals surface area contributed by atoms with Gasteiger partial charge in [-0.25, -0.2) is 4.98 Å². The van der Waals surface area contributed by atoms with E-state index in [9.17, 15) is 4.79 Å². The van der Waals surface area contributed by atoms with Gasteiger partial charge in [0.15, 0.2) is 5.13 Å². The lowest BCUT2D eigenvalue weighted by atomic mass is 10.2. The molecule has 0 aliphatic heterocycles. The summed E-state index contributed by atoms with van der Waals surface area (Å²) in [6.45, 7) is 3.48. The number of nitrogens with zero attached hydrogens (tertiary/aromatic N) is 1. The molecule has 0 radical (unpaired) electrons. The molecule has 2 aromatic rings. The van der Waals surface area contributed by atoms with Gasteiger partial charge in [0.25, 0.3) is 0 Å². The van der Waals surface area contributed by atoms with Crippen molar-refractivity contribution in [3.05, 3.63) is 34.8 Å². The molecule has 2 rings (SSSR count). The van der Waals surface area contributed by atoms with E-state index in [1.54, 1.807) is 11.8 Å². The van der Waals surface area contributed by atoms with Crippen LogP contribution in [0.1, 0.15) is 18.2 Å². The zero-order chi connectivity index (χ0) is 13.8. The van der Waals surface area contributed by atoms with E-state index in [-0.39, 0.29) is 5.91 Å². The molecule has 0 fully saturated rings. The Morgan fingerprint density at radius 1 is 1.53 bits per heavy atom. The van der Waals surface area contributed by atoms with Crippen molar-refractivity contribution in [1.82, 2.24) is 4.98 Å². The van der Waals surface area contributed by atoms with E-state index in [0.717, 1.165) is 22.7 Å². The number of carbonyl (C=O) groups is 1. The van der Waals surface area contributed by atoms with Crippen molar-refractivity contribution in [3.63, 3.8) is 0 Å². The third-order valence-electron chi connectivity index (χ3n) is 2.46. The number of nitrogen functional groups attached to an aromatic ring is 1. The van der Waals surface area contributed by atoms with Crippen LogP contribution < -0.4 is 11.1 Å². The van der Waals surface area contributed by atoms with E-state index in [0.29, 0.717) is 5.13 Å². The maximum Gasteiger partial charge on any atom is 0.223 e. The van der Waals surface area contributed by atoms with Crippen LogP contribution in [0.5, 0.6) is 0 Å². The third kappa shape index (κ3) is 3.97. The monoisotopic (exact) mass is 293 g/mol. The number of carbonyl (C=O) groups excluding carboxylic acids is 1. The van der Waals surface area contributed by atoms with Gasteiger partial charge in [-0.3, -0.25) is 4.79 Å². The summed E-state index contributed by atoms with van der Waals surface area (Å²) in [6.07, 6.45) is 0. The predicted molar refractivity (Wildman–Crippen MR) is 81.6 cm³/mol. The second-order valence-corrected chi connectivity index (χ2v) is 6.04. The Bertz CT molecular complexity index is 595. The van der Waals surface area contributed by atoms with E-state index in [4.69, 9.17) is 5.73 Å². The molecule has 0 unspecified atom stereocenters. The highest BCUT2D eigenvalue weighted by Crippen LogP contribution is 2.27. The molecule has 0 bridgehead atoms. The number of thioether (sulfide) groups is 1. The summed E-state index contributed by atoms with van der Waals surface area (Å²) >= 11 is 3.15. The lowest BCUT2D eigenvalue weighted by molar-refractivity contribution is -0.114. The molecule has 0 aliphatic rings. The predicted octanol–water partition coefficient (Wildman–Crippen LogP) is 3.28. The molecule has 4 nitrogen and oxygen atoms in total. The van der Waals surface area contributed by atoms with Gasteiger partial charge < -0.3 is 11.1 Å². The number of nitrogens with one attached hydrogen (secondary N) is 1. The average Bonchev–Trinajstić information content (AvgIpc) is 2.77. The fraction of sp³-hybridized carbons (Fsp3) is 0.231. The van der Waals surface area contributed by atoms with E-state index < -0.39 is 0 Å². The molecule has 1 aromatic heterocycles. The summed E-state index contributed by atoms with van der Waals surface area (Å²) in [5.74, 6) is 0.683. The first-order valence-electron chi connectivity index (χ1n) is 5.75. The normalized spacial score (nSPS) is 10.4. The minimum absolute atomic E-state index is 0.0947. The van der Waals surface area contributed by atoms with Gasteiger partial charge in [-0.05, 0) is 30.7 Å². The first-order valence-corrected chi connectivity index (χ1v) is 7.62. The Morgan fingerprint density at radius 2 is 2.32 bits per heavy atom. The van der Waals surface area contributed by atoms with E-state index in [1.165, 1.54) is 23.2 Å². The van der Waals surface area contributed by atoms with Crippen molar-refractivity contribution in [1.29, 1.82) is 0 Å². The van der Waals surface area contributed by atoms with Gasteiger partial charge in [-0.2, -0.15) is 0 Å². The number of aryl methyl sites for hydroxylation is 1. The van der Waals surface area contributed by atoms with Gasteiger partial charge in [0.1, 0.15) is 0 Å². The van der Waals surface area contributed by atoms with Crippen molar-refractivity contribution in [2.24, 2.45) is 0 Å². The number of anilines is 2. The maximum absolute atomic E-state index is 10.9. The molecular formula is C13H15N3OS2. The number of rotatable bonds is 4. The van der Waals surface area contributed by atoms with E-state index >= 15 is 0 Å². The van der Waals surface area contributed by atoms with Gasteiger partial charge >= 0.3 is 0 Å². The van der Waals surface area contributed by atoms with Crippen LogP contribution >= 0.6 is 23.1 Å². The number of nitrogens with two attached hydrogens (primary N) is 1. The number of amides is 1. The van der Waals surface area contributed by atoms with Crippen molar-refractivity contribution < 1.29 is 4.79 Å². The zero-order valence-corrected chi connectivity index (χ0v) is 12.4. The number of aromatic nitrogens is 1. The van der Waals surface area contributed by atoms with Crippen LogP contribution in [0, 0.1) is 6.92 Å². The molecule has 3 N–H and O–H groups in total. The highest BCUT2D eigenvalue weighted by molar-refractivity contribution is 7.98. The molecular weight excluding hydrogens is 278 g/mol. The molecule has 1 heterocycles. The highest BCUT2D eigenvalue weighted by atomic mass is 32.2. The zero-order valence-electron chi connectivity index (χ0n) is 10.8. The molecule has 19 heavy (non-hydrogen) atoms. The standard InChI is InChI=1S/C13H15N3OS2/c1-8-5-11(3-4-12(8)14)18-6-10-7-19-13(16-10)15-9(2)17/h3-5,7H,6,14H2,1-2H3,(H,15,16,17). The Morgan fingerprint density at radius 3 is 3.00 bits per heavy atom. The molecule has 0 saturated heterocycles. The molecule has 100 valence electrons. The number of benzene rings is 1. The lowest BCUT2D eigenvalue weighted by Crippen LogP contribution is -2.05. The summed E-state index contributed by atoms with van der Waals surface area (Å²) < 4.78 is 0. The van der Waals surface area contributed by atoms with Crippen molar-refractivity contribution >= 4 is 39.8 Å². The van der Waals surface area contributed by atoms with Crippen LogP contribution in [0.2, 0.25) is 0 Å². The van der Waals surface area contributed by atoms with Gasteiger partial charge in [-0.1, -0.05) is 0 Å². The Balaban J connectivity index is 1.96. The minimum Gasteiger partial charge on any atom is -0.399 e. The molecule has 0 atom stereocenters. The second kappa shape index (κ2) is 6.08. The van der Waals surface area contributed by atoms with Crippen LogP contribution in [0.15, 0.2) is 28.5 Å². The summed E-state index contributed by atoms with van der Waals surface area (Å²) in [5, 5.41) is 5.29. The quantitative estimate of drug-likeness (QED) is 0.670. The van der Waals surface area contributed by atoms with Crippen LogP contribution in [0.4, 0.5) is 10.8 Å². The first-order chi connectivity index (χ1) is 9.04. The van der Waals surface area contributed by atoms with Crippen molar-refractivity contribution in [3.8, 4) is 0 Å². The molecule has 0 aliphatic carbocycles. The SMILES string of the molecule is CC(=O)Nc1nc(CSc2ccc(N)c(C)c2)cs1. The first kappa shape index (κ1) is 13.9. The smallest absolute Gasteiger partial charge is 0.223 e. The van der Waals surface area contributed by atoms with Gasteiger partial charge in [0.2, 0.25) is 5.91 Å². The summed E-state index contributed by atoms with van der Waals surface area (Å²) in [7, 11) is 0. The second-order valence-electron chi connectivity index (χ2n) is 4.13.